The van der Waals surface area contributed by atoms with Gasteiger partial charge in [0.1, 0.15) is 28.2 Å². The topological polar surface area (TPSA) is 83.1 Å². The molecule has 0 unspecified atom stereocenters. The first-order chi connectivity index (χ1) is 13.4. The van der Waals surface area contributed by atoms with E-state index >= 15 is 0 Å². The van der Waals surface area contributed by atoms with Gasteiger partial charge in [0, 0.05) is 36.8 Å². The molecule has 0 saturated carbocycles. The molecule has 1 fully saturated rings. The molecule has 3 aromatic rings. The standard InChI is InChI=1S/C21H20ClNO5/c1-12-19(21(26)20-17(25)9-15(24)10-18(20)28-12)13-2-3-16(22)14(8-13)11-23-4-6-27-7-5-23/h2-3,8-10,24-25H,4-7,11H2,1H3. The summed E-state index contributed by atoms with van der Waals surface area (Å²) in [5.41, 5.74) is 1.75. The summed E-state index contributed by atoms with van der Waals surface area (Å²) in [6.45, 7) is 5.39. The Morgan fingerprint density at radius 2 is 1.89 bits per heavy atom. The molecule has 0 radical (unpaired) electrons. The first kappa shape index (κ1) is 18.8. The van der Waals surface area contributed by atoms with Gasteiger partial charge in [0.05, 0.1) is 18.8 Å². The van der Waals surface area contributed by atoms with E-state index in [1.54, 1.807) is 19.1 Å². The van der Waals surface area contributed by atoms with Crippen LogP contribution in [0.1, 0.15) is 11.3 Å². The van der Waals surface area contributed by atoms with E-state index < -0.39 is 0 Å². The molecule has 2 heterocycles. The molecule has 1 aromatic heterocycles. The third-order valence-corrected chi connectivity index (χ3v) is 5.34. The lowest BCUT2D eigenvalue weighted by molar-refractivity contribution is 0.0342. The summed E-state index contributed by atoms with van der Waals surface area (Å²) >= 11 is 6.39. The first-order valence-electron chi connectivity index (χ1n) is 9.02. The van der Waals surface area contributed by atoms with Crippen molar-refractivity contribution >= 4 is 22.6 Å². The number of hydrogen-bond donors (Lipinski definition) is 2. The van der Waals surface area contributed by atoms with E-state index in [-0.39, 0.29) is 27.9 Å². The molecule has 28 heavy (non-hydrogen) atoms. The monoisotopic (exact) mass is 401 g/mol. The number of aryl methyl sites for hydroxylation is 1. The third kappa shape index (κ3) is 3.46. The zero-order valence-electron chi connectivity index (χ0n) is 15.4. The number of phenolic OH excluding ortho intramolecular Hbond substituents is 2. The number of aromatic hydroxyl groups is 2. The van der Waals surface area contributed by atoms with E-state index in [2.05, 4.69) is 4.90 Å². The molecule has 0 amide bonds. The molecule has 2 aromatic carbocycles. The van der Waals surface area contributed by atoms with E-state index in [1.165, 1.54) is 6.07 Å². The Morgan fingerprint density at radius 3 is 2.64 bits per heavy atom. The highest BCUT2D eigenvalue weighted by atomic mass is 35.5. The Kier molecular flexibility index (Phi) is 5.02. The Balaban J connectivity index is 1.81. The Hall–Kier alpha value is -2.54. The number of nitrogens with zero attached hydrogens (tertiary/aromatic N) is 1. The molecule has 1 aliphatic heterocycles. The molecule has 2 N–H and O–H groups in total. The van der Waals surface area contributed by atoms with Crippen LogP contribution < -0.4 is 5.43 Å². The van der Waals surface area contributed by atoms with E-state index in [1.807, 2.05) is 6.07 Å². The smallest absolute Gasteiger partial charge is 0.204 e. The summed E-state index contributed by atoms with van der Waals surface area (Å²) in [7, 11) is 0. The van der Waals surface area contributed by atoms with Gasteiger partial charge < -0.3 is 19.4 Å². The summed E-state index contributed by atoms with van der Waals surface area (Å²) < 4.78 is 11.1. The minimum atomic E-state index is -0.351. The lowest BCUT2D eigenvalue weighted by Crippen LogP contribution is -2.35. The quantitative estimate of drug-likeness (QED) is 0.696. The van der Waals surface area contributed by atoms with Gasteiger partial charge in [-0.2, -0.15) is 0 Å². The second kappa shape index (κ2) is 7.47. The highest BCUT2D eigenvalue weighted by Gasteiger charge is 2.19. The highest BCUT2D eigenvalue weighted by molar-refractivity contribution is 6.31. The van der Waals surface area contributed by atoms with Crippen molar-refractivity contribution in [1.82, 2.24) is 4.90 Å². The summed E-state index contributed by atoms with van der Waals surface area (Å²) in [6, 6.07) is 7.88. The van der Waals surface area contributed by atoms with Crippen molar-refractivity contribution in [2.75, 3.05) is 26.3 Å². The number of ether oxygens (including phenoxy) is 1. The average molecular weight is 402 g/mol. The van der Waals surface area contributed by atoms with Crippen LogP contribution in [0.4, 0.5) is 0 Å². The minimum absolute atomic E-state index is 0.0445. The fraction of sp³-hybridized carbons (Fsp3) is 0.286. The van der Waals surface area contributed by atoms with Crippen LogP contribution in [-0.4, -0.2) is 41.4 Å². The van der Waals surface area contributed by atoms with Gasteiger partial charge in [0.2, 0.25) is 5.43 Å². The van der Waals surface area contributed by atoms with Gasteiger partial charge in [-0.1, -0.05) is 17.7 Å². The van der Waals surface area contributed by atoms with Crippen molar-refractivity contribution in [1.29, 1.82) is 0 Å². The highest BCUT2D eigenvalue weighted by Crippen LogP contribution is 2.33. The number of phenols is 2. The normalized spacial score (nSPS) is 15.2. The lowest BCUT2D eigenvalue weighted by atomic mass is 10.00. The predicted octanol–water partition coefficient (Wildman–Crippen LogP) is 3.67. The zero-order valence-corrected chi connectivity index (χ0v) is 16.1. The Labute approximate surface area is 166 Å². The molecule has 6 nitrogen and oxygen atoms in total. The maximum atomic E-state index is 13.1. The molecule has 7 heteroatoms. The lowest BCUT2D eigenvalue weighted by Gasteiger charge is -2.27. The predicted molar refractivity (Wildman–Crippen MR) is 107 cm³/mol. The molecule has 1 saturated heterocycles. The van der Waals surface area contributed by atoms with Gasteiger partial charge >= 0.3 is 0 Å². The number of benzene rings is 2. The molecule has 4 rings (SSSR count). The van der Waals surface area contributed by atoms with Gasteiger partial charge in [0.25, 0.3) is 0 Å². The van der Waals surface area contributed by atoms with Crippen LogP contribution in [-0.2, 0) is 11.3 Å². The summed E-state index contributed by atoms with van der Waals surface area (Å²) in [5, 5.41) is 20.5. The van der Waals surface area contributed by atoms with Crippen molar-refractivity contribution in [3.63, 3.8) is 0 Å². The van der Waals surface area contributed by atoms with Gasteiger partial charge in [0.15, 0.2) is 0 Å². The molecular formula is C21H20ClNO5. The average Bonchev–Trinajstić information content (AvgIpc) is 2.64. The van der Waals surface area contributed by atoms with E-state index in [9.17, 15) is 15.0 Å². The zero-order chi connectivity index (χ0) is 19.8. The number of fused-ring (bicyclic) bond motifs is 1. The number of rotatable bonds is 3. The van der Waals surface area contributed by atoms with E-state index in [4.69, 9.17) is 20.8 Å². The third-order valence-electron chi connectivity index (χ3n) is 4.97. The van der Waals surface area contributed by atoms with Crippen LogP contribution >= 0.6 is 11.6 Å². The van der Waals surface area contributed by atoms with Gasteiger partial charge in [-0.25, -0.2) is 0 Å². The SMILES string of the molecule is Cc1oc2cc(O)cc(O)c2c(=O)c1-c1ccc(Cl)c(CN2CCOCC2)c1. The molecule has 0 spiro atoms. The fourth-order valence-corrected chi connectivity index (χ4v) is 3.76. The molecule has 0 aliphatic carbocycles. The second-order valence-corrected chi connectivity index (χ2v) is 7.30. The minimum Gasteiger partial charge on any atom is -0.508 e. The molecular weight excluding hydrogens is 382 g/mol. The van der Waals surface area contributed by atoms with Crippen LogP contribution in [0.5, 0.6) is 11.5 Å². The maximum absolute atomic E-state index is 13.1. The number of hydrogen-bond acceptors (Lipinski definition) is 6. The molecule has 0 atom stereocenters. The Morgan fingerprint density at radius 1 is 1.14 bits per heavy atom. The molecule has 1 aliphatic rings. The van der Waals surface area contributed by atoms with Gasteiger partial charge in [-0.3, -0.25) is 9.69 Å². The number of morpholine rings is 1. The van der Waals surface area contributed by atoms with E-state index in [0.717, 1.165) is 24.7 Å². The van der Waals surface area contributed by atoms with Crippen molar-refractivity contribution in [3.05, 3.63) is 56.9 Å². The van der Waals surface area contributed by atoms with Gasteiger partial charge in [-0.15, -0.1) is 0 Å². The van der Waals surface area contributed by atoms with Crippen LogP contribution in [0, 0.1) is 6.92 Å². The van der Waals surface area contributed by atoms with Crippen LogP contribution in [0.15, 0.2) is 39.5 Å². The van der Waals surface area contributed by atoms with E-state index in [0.29, 0.717) is 41.7 Å². The van der Waals surface area contributed by atoms with Crippen LogP contribution in [0.25, 0.3) is 22.1 Å². The number of halogens is 1. The summed E-state index contributed by atoms with van der Waals surface area (Å²) in [4.78, 5) is 15.4. The Bertz CT molecular complexity index is 1100. The van der Waals surface area contributed by atoms with Crippen molar-refractivity contribution in [2.24, 2.45) is 0 Å². The first-order valence-corrected chi connectivity index (χ1v) is 9.40. The van der Waals surface area contributed by atoms with Gasteiger partial charge in [-0.05, 0) is 30.2 Å². The summed E-state index contributed by atoms with van der Waals surface area (Å²) in [5.74, 6) is -0.0748. The fourth-order valence-electron chi connectivity index (χ4n) is 3.58. The molecule has 0 bridgehead atoms. The van der Waals surface area contributed by atoms with Crippen molar-refractivity contribution in [3.8, 4) is 22.6 Å². The van der Waals surface area contributed by atoms with Crippen LogP contribution in [0.3, 0.4) is 0 Å². The molecule has 146 valence electrons. The van der Waals surface area contributed by atoms with Crippen molar-refractivity contribution in [2.45, 2.75) is 13.5 Å². The maximum Gasteiger partial charge on any atom is 0.204 e. The largest absolute Gasteiger partial charge is 0.508 e. The van der Waals surface area contributed by atoms with Crippen LogP contribution in [0.2, 0.25) is 5.02 Å². The summed E-state index contributed by atoms with van der Waals surface area (Å²) in [6.07, 6.45) is 0. The second-order valence-electron chi connectivity index (χ2n) is 6.90. The van der Waals surface area contributed by atoms with Crippen molar-refractivity contribution < 1.29 is 19.4 Å².